The van der Waals surface area contributed by atoms with Crippen molar-refractivity contribution in [3.63, 3.8) is 0 Å². The fourth-order valence-electron chi connectivity index (χ4n) is 5.63. The van der Waals surface area contributed by atoms with E-state index < -0.39 is 0 Å². The Kier molecular flexibility index (Phi) is 7.24. The van der Waals surface area contributed by atoms with Crippen LogP contribution in [0.25, 0.3) is 21.7 Å². The van der Waals surface area contributed by atoms with Crippen molar-refractivity contribution in [3.8, 4) is 5.75 Å². The van der Waals surface area contributed by atoms with Gasteiger partial charge in [-0.1, -0.05) is 66.7 Å². The number of carbonyl (C=O) groups excluding carboxylic acids is 1. The predicted molar refractivity (Wildman–Crippen MR) is 157 cm³/mol. The quantitative estimate of drug-likeness (QED) is 0.242. The number of pyridine rings is 1. The van der Waals surface area contributed by atoms with Crippen molar-refractivity contribution in [2.45, 2.75) is 32.0 Å². The molecule has 2 heterocycles. The fourth-order valence-corrected chi connectivity index (χ4v) is 5.63. The summed E-state index contributed by atoms with van der Waals surface area (Å²) in [6.45, 7) is 3.08. The molecule has 1 amide bonds. The molecule has 1 saturated heterocycles. The first-order valence-corrected chi connectivity index (χ1v) is 13.7. The number of rotatable bonds is 7. The normalized spacial score (nSPS) is 14.3. The van der Waals surface area contributed by atoms with E-state index >= 15 is 0 Å². The number of likely N-dealkylation sites (tertiary alicyclic amines) is 1. The van der Waals surface area contributed by atoms with Gasteiger partial charge in [-0.15, -0.1) is 0 Å². The highest BCUT2D eigenvalue weighted by molar-refractivity contribution is 6.07. The van der Waals surface area contributed by atoms with Crippen LogP contribution < -0.4 is 4.74 Å². The first kappa shape index (κ1) is 25.1. The highest BCUT2D eigenvalue weighted by Gasteiger charge is 2.25. The lowest BCUT2D eigenvalue weighted by Crippen LogP contribution is -2.41. The molecule has 0 aliphatic carbocycles. The van der Waals surface area contributed by atoms with Crippen molar-refractivity contribution < 1.29 is 9.53 Å². The van der Waals surface area contributed by atoms with Crippen molar-refractivity contribution in [1.82, 2.24) is 14.8 Å². The minimum Gasteiger partial charge on any atom is -0.490 e. The molecule has 1 fully saturated rings. The van der Waals surface area contributed by atoms with Crippen LogP contribution in [0.4, 0.5) is 0 Å². The van der Waals surface area contributed by atoms with Gasteiger partial charge in [0.05, 0.1) is 5.52 Å². The minimum atomic E-state index is 0.109. The van der Waals surface area contributed by atoms with Crippen LogP contribution in [-0.4, -0.2) is 46.9 Å². The number of benzene rings is 4. The number of carbonyl (C=O) groups is 1. The number of nitrogens with zero attached hydrogens (tertiary/aromatic N) is 3. The van der Waals surface area contributed by atoms with E-state index in [-0.39, 0.29) is 12.0 Å². The first-order chi connectivity index (χ1) is 19.1. The Morgan fingerprint density at radius 1 is 0.872 bits per heavy atom. The summed E-state index contributed by atoms with van der Waals surface area (Å²) in [7, 11) is 2.14. The fraction of sp³-hybridized carbons (Fsp3) is 0.235. The molecule has 1 aliphatic heterocycles. The SMILES string of the molecule is CN(Cc1cccc(OC2CCN(C(=O)c3cccc4ccccc34)CC2)c1)Cc1cccc2ncccc12. The molecule has 196 valence electrons. The molecule has 1 aliphatic rings. The topological polar surface area (TPSA) is 45.7 Å². The van der Waals surface area contributed by atoms with Gasteiger partial charge >= 0.3 is 0 Å². The maximum atomic E-state index is 13.3. The number of hydrogen-bond donors (Lipinski definition) is 0. The standard InChI is InChI=1S/C34H33N3O2/c1-36(24-27-11-6-16-33-31(27)15-7-19-35-33)23-25-8-4-12-29(22-25)39-28-17-20-37(21-18-28)34(38)32-14-5-10-26-9-2-3-13-30(26)32/h2-16,19,22,28H,17-18,20-21,23-24H2,1H3. The third kappa shape index (κ3) is 5.64. The van der Waals surface area contributed by atoms with E-state index in [0.29, 0.717) is 13.1 Å². The van der Waals surface area contributed by atoms with Crippen LogP contribution in [0.2, 0.25) is 0 Å². The van der Waals surface area contributed by atoms with E-state index in [4.69, 9.17) is 4.74 Å². The molecule has 5 heteroatoms. The lowest BCUT2D eigenvalue weighted by atomic mass is 10.0. The molecule has 0 N–H and O–H groups in total. The van der Waals surface area contributed by atoms with E-state index in [1.54, 1.807) is 0 Å². The molecule has 5 aromatic rings. The van der Waals surface area contributed by atoms with Crippen LogP contribution >= 0.6 is 0 Å². The van der Waals surface area contributed by atoms with Gasteiger partial charge < -0.3 is 9.64 Å². The van der Waals surface area contributed by atoms with Gasteiger partial charge in [0.15, 0.2) is 0 Å². The number of hydrogen-bond acceptors (Lipinski definition) is 4. The van der Waals surface area contributed by atoms with Gasteiger partial charge in [0.1, 0.15) is 11.9 Å². The zero-order valence-electron chi connectivity index (χ0n) is 22.3. The zero-order valence-corrected chi connectivity index (χ0v) is 22.3. The van der Waals surface area contributed by atoms with Crippen molar-refractivity contribution in [2.75, 3.05) is 20.1 Å². The summed E-state index contributed by atoms with van der Waals surface area (Å²) in [5, 5.41) is 3.32. The first-order valence-electron chi connectivity index (χ1n) is 13.7. The number of aromatic nitrogens is 1. The molecular weight excluding hydrogens is 482 g/mol. The summed E-state index contributed by atoms with van der Waals surface area (Å²) in [4.78, 5) is 22.1. The van der Waals surface area contributed by atoms with Crippen LogP contribution in [0.1, 0.15) is 34.3 Å². The third-order valence-electron chi connectivity index (χ3n) is 7.58. The van der Waals surface area contributed by atoms with E-state index in [9.17, 15) is 4.79 Å². The monoisotopic (exact) mass is 515 g/mol. The van der Waals surface area contributed by atoms with Gasteiger partial charge in [-0.3, -0.25) is 14.7 Å². The van der Waals surface area contributed by atoms with Crippen LogP contribution in [-0.2, 0) is 13.1 Å². The molecular formula is C34H33N3O2. The molecule has 0 atom stereocenters. The summed E-state index contributed by atoms with van der Waals surface area (Å²) in [5.41, 5.74) is 4.31. The Bertz CT molecular complexity index is 1600. The third-order valence-corrected chi connectivity index (χ3v) is 7.58. The second-order valence-corrected chi connectivity index (χ2v) is 10.4. The summed E-state index contributed by atoms with van der Waals surface area (Å²) in [5.74, 6) is 1.01. The highest BCUT2D eigenvalue weighted by atomic mass is 16.5. The van der Waals surface area contributed by atoms with Gasteiger partial charge in [0, 0.05) is 56.2 Å². The Morgan fingerprint density at radius 3 is 2.54 bits per heavy atom. The number of ether oxygens (including phenoxy) is 1. The van der Waals surface area contributed by atoms with Crippen LogP contribution in [0, 0.1) is 0 Å². The van der Waals surface area contributed by atoms with Gasteiger partial charge in [0.25, 0.3) is 5.91 Å². The molecule has 4 aromatic carbocycles. The van der Waals surface area contributed by atoms with Crippen LogP contribution in [0.15, 0.2) is 103 Å². The van der Waals surface area contributed by atoms with Crippen molar-refractivity contribution >= 4 is 27.6 Å². The smallest absolute Gasteiger partial charge is 0.254 e. The predicted octanol–water partition coefficient (Wildman–Crippen LogP) is 6.70. The summed E-state index contributed by atoms with van der Waals surface area (Å²) >= 11 is 0. The zero-order chi connectivity index (χ0) is 26.6. The van der Waals surface area contributed by atoms with Gasteiger partial charge in [0.2, 0.25) is 0 Å². The lowest BCUT2D eigenvalue weighted by Gasteiger charge is -2.32. The average molecular weight is 516 g/mol. The minimum absolute atomic E-state index is 0.109. The second kappa shape index (κ2) is 11.3. The molecule has 5 nitrogen and oxygen atoms in total. The molecule has 0 unspecified atom stereocenters. The molecule has 0 radical (unpaired) electrons. The average Bonchev–Trinajstić information content (AvgIpc) is 2.97. The molecule has 6 rings (SSSR count). The number of piperidine rings is 1. The van der Waals surface area contributed by atoms with E-state index in [0.717, 1.165) is 53.5 Å². The molecule has 0 bridgehead atoms. The van der Waals surface area contributed by atoms with Crippen LogP contribution in [0.5, 0.6) is 5.75 Å². The largest absolute Gasteiger partial charge is 0.490 e. The molecule has 0 spiro atoms. The Hall–Kier alpha value is -4.22. The van der Waals surface area contributed by atoms with Crippen molar-refractivity contribution in [1.29, 1.82) is 0 Å². The van der Waals surface area contributed by atoms with Crippen molar-refractivity contribution in [3.05, 3.63) is 120 Å². The Morgan fingerprint density at radius 2 is 1.64 bits per heavy atom. The molecule has 1 aromatic heterocycles. The van der Waals surface area contributed by atoms with Crippen LogP contribution in [0.3, 0.4) is 0 Å². The van der Waals surface area contributed by atoms with E-state index in [1.165, 1.54) is 16.5 Å². The van der Waals surface area contributed by atoms with E-state index in [1.807, 2.05) is 53.6 Å². The molecule has 0 saturated carbocycles. The van der Waals surface area contributed by atoms with E-state index in [2.05, 4.69) is 71.5 Å². The van der Waals surface area contributed by atoms with Gasteiger partial charge in [-0.25, -0.2) is 0 Å². The maximum absolute atomic E-state index is 13.3. The Balaban J connectivity index is 1.05. The summed E-state index contributed by atoms with van der Waals surface area (Å²) in [6, 6.07) is 32.9. The molecule has 39 heavy (non-hydrogen) atoms. The summed E-state index contributed by atoms with van der Waals surface area (Å²) < 4.78 is 6.39. The van der Waals surface area contributed by atoms with Gasteiger partial charge in [-0.05, 0) is 59.3 Å². The lowest BCUT2D eigenvalue weighted by molar-refractivity contribution is 0.0597. The number of fused-ring (bicyclic) bond motifs is 2. The summed E-state index contributed by atoms with van der Waals surface area (Å²) in [6.07, 6.45) is 3.61. The van der Waals surface area contributed by atoms with Crippen molar-refractivity contribution in [2.24, 2.45) is 0 Å². The maximum Gasteiger partial charge on any atom is 0.254 e. The highest BCUT2D eigenvalue weighted by Crippen LogP contribution is 2.25. The number of amides is 1. The Labute approximate surface area is 229 Å². The second-order valence-electron chi connectivity index (χ2n) is 10.4. The van der Waals surface area contributed by atoms with Gasteiger partial charge in [-0.2, -0.15) is 0 Å².